The maximum Gasteiger partial charge on any atom is 0.324 e. The number of hydrogen-bond donors (Lipinski definition) is 0. The maximum atomic E-state index is 14.6. The van der Waals surface area contributed by atoms with Crippen LogP contribution in [0, 0.1) is 19.7 Å². The molecule has 2 aliphatic rings. The smallest absolute Gasteiger partial charge is 0.324 e. The number of imidazole rings is 1. The van der Waals surface area contributed by atoms with Crippen molar-refractivity contribution >= 4 is 34.4 Å². The van der Waals surface area contributed by atoms with Crippen LogP contribution in [0.4, 0.5) is 14.9 Å². The van der Waals surface area contributed by atoms with Crippen molar-refractivity contribution < 1.29 is 13.7 Å². The third kappa shape index (κ3) is 4.15. The molecule has 0 spiro atoms. The number of urea groups is 1. The van der Waals surface area contributed by atoms with Gasteiger partial charge in [0.2, 0.25) is 0 Å². The summed E-state index contributed by atoms with van der Waals surface area (Å²) < 4.78 is 22.3. The van der Waals surface area contributed by atoms with Crippen LogP contribution in [-0.2, 0) is 0 Å². The minimum Gasteiger partial charge on any atom is -0.361 e. The molecular formula is C29H31ClFN5O2. The Morgan fingerprint density at radius 2 is 1.84 bits per heavy atom. The fourth-order valence-corrected chi connectivity index (χ4v) is 6.27. The summed E-state index contributed by atoms with van der Waals surface area (Å²) in [7, 11) is 1.78. The van der Waals surface area contributed by atoms with Crippen LogP contribution in [0.25, 0.3) is 22.2 Å². The van der Waals surface area contributed by atoms with Gasteiger partial charge in [0.1, 0.15) is 17.4 Å². The van der Waals surface area contributed by atoms with Gasteiger partial charge >= 0.3 is 6.03 Å². The van der Waals surface area contributed by atoms with E-state index in [0.717, 1.165) is 52.3 Å². The molecule has 2 fully saturated rings. The van der Waals surface area contributed by atoms with Crippen molar-refractivity contribution in [3.05, 3.63) is 64.5 Å². The molecule has 1 aliphatic carbocycles. The second-order valence-electron chi connectivity index (χ2n) is 10.5. The molecule has 198 valence electrons. The average Bonchev–Trinajstić information content (AvgIpc) is 3.46. The summed E-state index contributed by atoms with van der Waals surface area (Å²) in [6, 6.07) is 10.7. The van der Waals surface area contributed by atoms with Gasteiger partial charge in [-0.2, -0.15) is 0 Å². The molecule has 1 saturated heterocycles. The molecule has 4 aromatic rings. The van der Waals surface area contributed by atoms with E-state index >= 15 is 0 Å². The van der Waals surface area contributed by atoms with E-state index in [-0.39, 0.29) is 17.1 Å². The molecule has 38 heavy (non-hydrogen) atoms. The monoisotopic (exact) mass is 535 g/mol. The Morgan fingerprint density at radius 1 is 1.05 bits per heavy atom. The van der Waals surface area contributed by atoms with Gasteiger partial charge in [-0.3, -0.25) is 4.90 Å². The SMILES string of the molecule is Cc1noc(C)c1-c1ccc2c(c1)nc([C@@H]1CCN(C)C(=O)N1c1ccc(Cl)c(F)c1)n2C1CCCCC1. The van der Waals surface area contributed by atoms with Crippen LogP contribution in [0.15, 0.2) is 40.9 Å². The number of hydrogen-bond acceptors (Lipinski definition) is 4. The zero-order chi connectivity index (χ0) is 26.6. The predicted octanol–water partition coefficient (Wildman–Crippen LogP) is 7.61. The molecule has 2 aromatic heterocycles. The highest BCUT2D eigenvalue weighted by Crippen LogP contribution is 2.41. The molecule has 7 nitrogen and oxygen atoms in total. The molecule has 3 heterocycles. The lowest BCUT2D eigenvalue weighted by atomic mass is 9.94. The van der Waals surface area contributed by atoms with Gasteiger partial charge in [0.15, 0.2) is 0 Å². The van der Waals surface area contributed by atoms with Crippen molar-refractivity contribution in [2.75, 3.05) is 18.5 Å². The van der Waals surface area contributed by atoms with E-state index in [1.807, 2.05) is 13.8 Å². The first-order valence-corrected chi connectivity index (χ1v) is 13.7. The molecule has 9 heteroatoms. The van der Waals surface area contributed by atoms with Gasteiger partial charge in [-0.1, -0.05) is 42.1 Å². The summed E-state index contributed by atoms with van der Waals surface area (Å²) in [5, 5.41) is 4.16. The van der Waals surface area contributed by atoms with Gasteiger partial charge in [-0.15, -0.1) is 0 Å². The summed E-state index contributed by atoms with van der Waals surface area (Å²) in [4.78, 5) is 22.1. The minimum absolute atomic E-state index is 0.0319. The van der Waals surface area contributed by atoms with Gasteiger partial charge < -0.3 is 14.0 Å². The maximum absolute atomic E-state index is 14.6. The van der Waals surface area contributed by atoms with Crippen molar-refractivity contribution in [2.24, 2.45) is 0 Å². The Morgan fingerprint density at radius 3 is 2.55 bits per heavy atom. The van der Waals surface area contributed by atoms with E-state index in [0.29, 0.717) is 24.7 Å². The Hall–Kier alpha value is -3.39. The highest BCUT2D eigenvalue weighted by Gasteiger charge is 2.38. The first kappa shape index (κ1) is 24.9. The standard InChI is InChI=1S/C29H31ClFN5O2/c1-17-27(18(2)38-33-17)19-9-12-25-24(15-19)32-28(35(25)20-7-5-4-6-8-20)26-13-14-34(3)29(37)36(26)21-10-11-22(30)23(31)16-21/h9-12,15-16,20,26H,4-8,13-14H2,1-3H3/t26-/m0/s1. The Bertz CT molecular complexity index is 1500. The molecule has 1 saturated carbocycles. The number of benzene rings is 2. The van der Waals surface area contributed by atoms with Gasteiger partial charge in [0.05, 0.1) is 27.8 Å². The van der Waals surface area contributed by atoms with Gasteiger partial charge in [-0.25, -0.2) is 14.2 Å². The van der Waals surface area contributed by atoms with Gasteiger partial charge in [0.25, 0.3) is 0 Å². The van der Waals surface area contributed by atoms with Crippen LogP contribution in [0.3, 0.4) is 0 Å². The summed E-state index contributed by atoms with van der Waals surface area (Å²) in [5.74, 6) is 1.07. The van der Waals surface area contributed by atoms with Crippen LogP contribution in [-0.4, -0.2) is 39.2 Å². The van der Waals surface area contributed by atoms with Crippen molar-refractivity contribution in [1.29, 1.82) is 0 Å². The van der Waals surface area contributed by atoms with Crippen molar-refractivity contribution in [3.63, 3.8) is 0 Å². The lowest BCUT2D eigenvalue weighted by molar-refractivity contribution is 0.197. The molecule has 1 aliphatic heterocycles. The summed E-state index contributed by atoms with van der Waals surface area (Å²) >= 11 is 5.98. The second kappa shape index (κ2) is 9.73. The number of amides is 2. The first-order chi connectivity index (χ1) is 18.3. The van der Waals surface area contributed by atoms with Gasteiger partial charge in [0, 0.05) is 30.9 Å². The molecule has 2 aromatic carbocycles. The number of rotatable bonds is 4. The molecule has 0 unspecified atom stereocenters. The Kier molecular flexibility index (Phi) is 6.38. The van der Waals surface area contributed by atoms with E-state index < -0.39 is 5.82 Å². The van der Waals surface area contributed by atoms with Crippen LogP contribution in [0.2, 0.25) is 5.02 Å². The van der Waals surface area contributed by atoms with Crippen molar-refractivity contribution in [2.45, 2.75) is 64.5 Å². The fraction of sp³-hybridized carbons (Fsp3) is 0.414. The minimum atomic E-state index is -0.547. The fourth-order valence-electron chi connectivity index (χ4n) is 6.15. The number of halogens is 2. The predicted molar refractivity (Wildman–Crippen MR) is 146 cm³/mol. The quantitative estimate of drug-likeness (QED) is 0.270. The summed E-state index contributed by atoms with van der Waals surface area (Å²) in [5.41, 5.74) is 5.23. The number of aryl methyl sites for hydroxylation is 2. The normalized spacial score (nSPS) is 19.1. The number of nitrogens with zero attached hydrogens (tertiary/aromatic N) is 5. The number of fused-ring (bicyclic) bond motifs is 1. The number of carbonyl (C=O) groups excluding carboxylic acids is 1. The largest absolute Gasteiger partial charge is 0.361 e. The third-order valence-electron chi connectivity index (χ3n) is 8.04. The van der Waals surface area contributed by atoms with Crippen LogP contribution in [0.1, 0.15) is 67.9 Å². The zero-order valence-electron chi connectivity index (χ0n) is 21.9. The Balaban J connectivity index is 1.53. The number of carbonyl (C=O) groups is 1. The third-order valence-corrected chi connectivity index (χ3v) is 8.35. The molecule has 2 amide bonds. The van der Waals surface area contributed by atoms with E-state index in [1.54, 1.807) is 22.9 Å². The highest BCUT2D eigenvalue weighted by molar-refractivity contribution is 6.30. The van der Waals surface area contributed by atoms with Gasteiger partial charge in [-0.05, 0) is 69.0 Å². The molecule has 0 radical (unpaired) electrons. The molecule has 6 rings (SSSR count). The number of aromatic nitrogens is 3. The summed E-state index contributed by atoms with van der Waals surface area (Å²) in [6.45, 7) is 4.45. The molecule has 0 bridgehead atoms. The topological polar surface area (TPSA) is 67.4 Å². The van der Waals surface area contributed by atoms with Crippen LogP contribution in [0.5, 0.6) is 0 Å². The van der Waals surface area contributed by atoms with Crippen LogP contribution < -0.4 is 4.90 Å². The highest BCUT2D eigenvalue weighted by atomic mass is 35.5. The van der Waals surface area contributed by atoms with E-state index in [2.05, 4.69) is 27.9 Å². The lowest BCUT2D eigenvalue weighted by Crippen LogP contribution is -2.50. The van der Waals surface area contributed by atoms with E-state index in [4.69, 9.17) is 21.1 Å². The number of anilines is 1. The zero-order valence-corrected chi connectivity index (χ0v) is 22.6. The second-order valence-corrected chi connectivity index (χ2v) is 10.9. The molecule has 1 atom stereocenters. The molecule has 0 N–H and O–H groups in total. The lowest BCUT2D eigenvalue weighted by Gasteiger charge is -2.40. The first-order valence-electron chi connectivity index (χ1n) is 13.3. The van der Waals surface area contributed by atoms with E-state index in [1.165, 1.54) is 31.4 Å². The van der Waals surface area contributed by atoms with Crippen molar-refractivity contribution in [1.82, 2.24) is 19.6 Å². The van der Waals surface area contributed by atoms with Crippen molar-refractivity contribution in [3.8, 4) is 11.1 Å². The molecular weight excluding hydrogens is 505 g/mol. The van der Waals surface area contributed by atoms with E-state index in [9.17, 15) is 9.18 Å². The average molecular weight is 536 g/mol. The summed E-state index contributed by atoms with van der Waals surface area (Å²) in [6.07, 6.45) is 6.38. The van der Waals surface area contributed by atoms with Crippen LogP contribution >= 0.6 is 11.6 Å². The Labute approximate surface area is 226 Å².